The zero-order chi connectivity index (χ0) is 35.1. The largest absolute Gasteiger partial charge is 0.453 e. The molecule has 3 heteroatoms. The van der Waals surface area contributed by atoms with Crippen LogP contribution in [0.25, 0.3) is 54.9 Å². The van der Waals surface area contributed by atoms with Gasteiger partial charge in [0.2, 0.25) is 0 Å². The van der Waals surface area contributed by atoms with E-state index in [9.17, 15) is 0 Å². The van der Waals surface area contributed by atoms with Crippen LogP contribution in [0.1, 0.15) is 0 Å². The number of nitrogens with zero attached hydrogens (tertiary/aromatic N) is 1. The Balaban J connectivity index is 1.10. The quantitative estimate of drug-likeness (QED) is 0.175. The molecule has 0 unspecified atom stereocenters. The van der Waals surface area contributed by atoms with Gasteiger partial charge in [-0.1, -0.05) is 152 Å². The predicted octanol–water partition coefficient (Wildman–Crippen LogP) is 14.4. The maximum absolute atomic E-state index is 6.84. The van der Waals surface area contributed by atoms with E-state index in [4.69, 9.17) is 9.47 Å². The van der Waals surface area contributed by atoms with Crippen LogP contribution in [0.3, 0.4) is 0 Å². The molecule has 0 amide bonds. The Morgan fingerprint density at radius 2 is 0.792 bits per heavy atom. The van der Waals surface area contributed by atoms with Crippen LogP contribution in [0.4, 0.5) is 17.1 Å². The molecule has 0 spiro atoms. The van der Waals surface area contributed by atoms with Crippen molar-refractivity contribution in [2.24, 2.45) is 0 Å². The molecule has 9 aromatic carbocycles. The number of fused-ring (bicyclic) bond motifs is 2. The van der Waals surface area contributed by atoms with E-state index in [1.165, 1.54) is 33.0 Å². The minimum absolute atomic E-state index is 0.662. The standard InChI is InChI=1S/C50H33NO2/c1-3-12-34(13-4-1)35-24-28-39(29-25-35)51(45-20-11-23-48-50(45)53-47-22-10-17-38-16-9-21-46(52-48)49(38)47)40-30-26-37(27-31-40)42-33-32-41(36-14-5-2-6-15-36)43-18-7-8-19-44(42)43/h1-33H. The number of ether oxygens (including phenoxy) is 2. The van der Waals surface area contributed by atoms with Crippen LogP contribution in [0.5, 0.6) is 23.0 Å². The lowest BCUT2D eigenvalue weighted by Crippen LogP contribution is -2.11. The number of para-hydroxylation sites is 1. The van der Waals surface area contributed by atoms with E-state index >= 15 is 0 Å². The maximum atomic E-state index is 6.84. The van der Waals surface area contributed by atoms with Crippen LogP contribution in [0.2, 0.25) is 0 Å². The Morgan fingerprint density at radius 1 is 0.321 bits per heavy atom. The molecule has 1 heterocycles. The summed E-state index contributed by atoms with van der Waals surface area (Å²) in [4.78, 5) is 2.26. The fourth-order valence-electron chi connectivity index (χ4n) is 7.61. The molecule has 0 saturated heterocycles. The van der Waals surface area contributed by atoms with Crippen LogP contribution in [-0.4, -0.2) is 0 Å². The summed E-state index contributed by atoms with van der Waals surface area (Å²) >= 11 is 0. The summed E-state index contributed by atoms with van der Waals surface area (Å²) in [5.41, 5.74) is 10.0. The predicted molar refractivity (Wildman–Crippen MR) is 219 cm³/mol. The topological polar surface area (TPSA) is 21.7 Å². The van der Waals surface area contributed by atoms with E-state index in [1.807, 2.05) is 42.5 Å². The molecule has 0 aliphatic carbocycles. The fraction of sp³-hybridized carbons (Fsp3) is 0. The van der Waals surface area contributed by atoms with Crippen molar-refractivity contribution in [3.8, 4) is 56.4 Å². The Hall–Kier alpha value is -7.10. The maximum Gasteiger partial charge on any atom is 0.193 e. The highest BCUT2D eigenvalue weighted by Crippen LogP contribution is 2.52. The minimum Gasteiger partial charge on any atom is -0.453 e. The molecule has 0 radical (unpaired) electrons. The summed E-state index contributed by atoms with van der Waals surface area (Å²) in [6.07, 6.45) is 0. The van der Waals surface area contributed by atoms with Crippen LogP contribution in [-0.2, 0) is 0 Å². The molecule has 1 aliphatic rings. The molecule has 9 aromatic rings. The molecule has 0 N–H and O–H groups in total. The SMILES string of the molecule is c1ccc(-c2ccc(N(c3ccc(-c4ccc(-c5ccccc5)c5ccccc45)cc3)c3cccc4c3Oc3cccc5cccc(c35)O4)cc2)cc1. The van der Waals surface area contributed by atoms with Gasteiger partial charge in [-0.15, -0.1) is 0 Å². The molecular weight excluding hydrogens is 647 g/mol. The molecular formula is C50H33NO2. The van der Waals surface area contributed by atoms with Gasteiger partial charge in [0.15, 0.2) is 11.5 Å². The number of hydrogen-bond donors (Lipinski definition) is 0. The van der Waals surface area contributed by atoms with Gasteiger partial charge in [-0.05, 0) is 98.1 Å². The zero-order valence-electron chi connectivity index (χ0n) is 28.8. The lowest BCUT2D eigenvalue weighted by atomic mass is 9.92. The molecule has 10 rings (SSSR count). The Bertz CT molecular complexity index is 2750. The lowest BCUT2D eigenvalue weighted by molar-refractivity contribution is 0.440. The van der Waals surface area contributed by atoms with Crippen LogP contribution >= 0.6 is 0 Å². The molecule has 0 bridgehead atoms. The molecule has 0 saturated carbocycles. The highest BCUT2D eigenvalue weighted by Gasteiger charge is 2.25. The van der Waals surface area contributed by atoms with Crippen molar-refractivity contribution >= 4 is 38.6 Å². The zero-order valence-corrected chi connectivity index (χ0v) is 28.8. The number of anilines is 3. The minimum atomic E-state index is 0.662. The van der Waals surface area contributed by atoms with E-state index < -0.39 is 0 Å². The Labute approximate surface area is 308 Å². The van der Waals surface area contributed by atoms with Gasteiger partial charge < -0.3 is 14.4 Å². The van der Waals surface area contributed by atoms with Crippen molar-refractivity contribution in [1.82, 2.24) is 0 Å². The second kappa shape index (κ2) is 12.9. The highest BCUT2D eigenvalue weighted by atomic mass is 16.5. The van der Waals surface area contributed by atoms with E-state index in [1.54, 1.807) is 0 Å². The van der Waals surface area contributed by atoms with E-state index in [0.29, 0.717) is 11.5 Å². The molecule has 3 nitrogen and oxygen atoms in total. The van der Waals surface area contributed by atoms with E-state index in [2.05, 4.69) is 163 Å². The second-order valence-electron chi connectivity index (χ2n) is 13.3. The third-order valence-corrected chi connectivity index (χ3v) is 10.1. The first-order chi connectivity index (χ1) is 26.3. The van der Waals surface area contributed by atoms with Crippen molar-refractivity contribution < 1.29 is 9.47 Å². The van der Waals surface area contributed by atoms with Crippen LogP contribution in [0.15, 0.2) is 200 Å². The first-order valence-corrected chi connectivity index (χ1v) is 17.9. The average Bonchev–Trinajstić information content (AvgIpc) is 3.40. The van der Waals surface area contributed by atoms with Crippen LogP contribution < -0.4 is 14.4 Å². The van der Waals surface area contributed by atoms with E-state index in [0.717, 1.165) is 50.5 Å². The van der Waals surface area contributed by atoms with Crippen LogP contribution in [0, 0.1) is 0 Å². The van der Waals surface area contributed by atoms with Gasteiger partial charge in [0.25, 0.3) is 0 Å². The van der Waals surface area contributed by atoms with Crippen molar-refractivity contribution in [3.05, 3.63) is 200 Å². The lowest BCUT2D eigenvalue weighted by Gasteiger charge is -2.28. The van der Waals surface area contributed by atoms with Gasteiger partial charge in [-0.3, -0.25) is 0 Å². The molecule has 1 aliphatic heterocycles. The monoisotopic (exact) mass is 679 g/mol. The van der Waals surface area contributed by atoms with Gasteiger partial charge in [0.05, 0.1) is 11.1 Å². The van der Waals surface area contributed by atoms with Crippen molar-refractivity contribution in [2.45, 2.75) is 0 Å². The fourth-order valence-corrected chi connectivity index (χ4v) is 7.61. The summed E-state index contributed by atoms with van der Waals surface area (Å²) < 4.78 is 13.5. The third kappa shape index (κ3) is 5.47. The second-order valence-corrected chi connectivity index (χ2v) is 13.3. The van der Waals surface area contributed by atoms with Gasteiger partial charge in [0, 0.05) is 11.4 Å². The Kier molecular flexibility index (Phi) is 7.47. The summed E-state index contributed by atoms with van der Waals surface area (Å²) in [6.45, 7) is 0. The van der Waals surface area contributed by atoms with Gasteiger partial charge in [-0.2, -0.15) is 0 Å². The summed E-state index contributed by atoms with van der Waals surface area (Å²) in [5, 5.41) is 4.50. The number of hydrogen-bond acceptors (Lipinski definition) is 3. The molecule has 53 heavy (non-hydrogen) atoms. The number of benzene rings is 9. The smallest absolute Gasteiger partial charge is 0.193 e. The van der Waals surface area contributed by atoms with Crippen molar-refractivity contribution in [1.29, 1.82) is 0 Å². The normalized spacial score (nSPS) is 11.7. The highest BCUT2D eigenvalue weighted by molar-refractivity contribution is 6.05. The first-order valence-electron chi connectivity index (χ1n) is 17.9. The summed E-state index contributed by atoms with van der Waals surface area (Å²) in [6, 6.07) is 70.2. The Morgan fingerprint density at radius 3 is 1.42 bits per heavy atom. The molecule has 0 atom stereocenters. The average molecular weight is 680 g/mol. The van der Waals surface area contributed by atoms with Gasteiger partial charge >= 0.3 is 0 Å². The van der Waals surface area contributed by atoms with Gasteiger partial charge in [-0.25, -0.2) is 0 Å². The summed E-state index contributed by atoms with van der Waals surface area (Å²) in [7, 11) is 0. The number of rotatable bonds is 6. The first kappa shape index (κ1) is 30.7. The van der Waals surface area contributed by atoms with Crippen molar-refractivity contribution in [2.75, 3.05) is 4.90 Å². The van der Waals surface area contributed by atoms with Gasteiger partial charge in [0.1, 0.15) is 11.5 Å². The third-order valence-electron chi connectivity index (χ3n) is 10.1. The van der Waals surface area contributed by atoms with Crippen molar-refractivity contribution in [3.63, 3.8) is 0 Å². The summed E-state index contributed by atoms with van der Waals surface area (Å²) in [5.74, 6) is 2.88. The molecule has 0 aromatic heterocycles. The molecule has 250 valence electrons. The van der Waals surface area contributed by atoms with E-state index in [-0.39, 0.29) is 0 Å². The molecule has 0 fully saturated rings.